The highest BCUT2D eigenvalue weighted by atomic mass is 32.2. The summed E-state index contributed by atoms with van der Waals surface area (Å²) in [4.78, 5) is 0. The van der Waals surface area contributed by atoms with Gasteiger partial charge in [-0.25, -0.2) is 17.5 Å². The molecule has 17 heavy (non-hydrogen) atoms. The number of halogens is 1. The highest BCUT2D eigenvalue weighted by Gasteiger charge is 2.32. The molecule has 0 spiro atoms. The molecular formula is C10H16FN3O2S. The zero-order chi connectivity index (χ0) is 12.8. The van der Waals surface area contributed by atoms with Crippen molar-refractivity contribution in [2.45, 2.75) is 50.2 Å². The summed E-state index contributed by atoms with van der Waals surface area (Å²) in [5.74, 6) is -0.798. The van der Waals surface area contributed by atoms with E-state index in [1.807, 2.05) is 0 Å². The Kier molecular flexibility index (Phi) is 2.78. The molecule has 0 atom stereocenters. The van der Waals surface area contributed by atoms with Crippen molar-refractivity contribution < 1.29 is 12.8 Å². The largest absolute Gasteiger partial charge is 0.265 e. The summed E-state index contributed by atoms with van der Waals surface area (Å²) in [6, 6.07) is 0.156. The van der Waals surface area contributed by atoms with Crippen molar-refractivity contribution >= 4 is 10.0 Å². The Morgan fingerprint density at radius 2 is 2.06 bits per heavy atom. The maximum Gasteiger partial charge on any atom is 0.263 e. The Morgan fingerprint density at radius 3 is 2.53 bits per heavy atom. The van der Waals surface area contributed by atoms with E-state index >= 15 is 0 Å². The number of hydrogen-bond acceptors (Lipinski definition) is 3. The van der Waals surface area contributed by atoms with Crippen LogP contribution < -0.4 is 4.72 Å². The lowest BCUT2D eigenvalue weighted by Crippen LogP contribution is -2.41. The molecule has 1 saturated carbocycles. The standard InChI is InChI=1S/C10H16FN3O2S/c1-10(2,3)13-17(15,16)9-8(11)6-14(12-9)7-4-5-7/h6-7,13H,4-5H2,1-3H3. The van der Waals surface area contributed by atoms with E-state index in [9.17, 15) is 12.8 Å². The van der Waals surface area contributed by atoms with Gasteiger partial charge in [0.2, 0.25) is 5.03 Å². The Hall–Kier alpha value is -0.950. The van der Waals surface area contributed by atoms with Gasteiger partial charge in [0.15, 0.2) is 5.82 Å². The summed E-state index contributed by atoms with van der Waals surface area (Å²) in [6.45, 7) is 5.08. The Morgan fingerprint density at radius 1 is 1.47 bits per heavy atom. The van der Waals surface area contributed by atoms with Gasteiger partial charge in [0.25, 0.3) is 10.0 Å². The van der Waals surface area contributed by atoms with Crippen molar-refractivity contribution in [2.24, 2.45) is 0 Å². The average molecular weight is 261 g/mol. The van der Waals surface area contributed by atoms with Gasteiger partial charge in [-0.15, -0.1) is 0 Å². The van der Waals surface area contributed by atoms with E-state index in [1.165, 1.54) is 4.68 Å². The first kappa shape index (κ1) is 12.5. The third-order valence-corrected chi connectivity index (χ3v) is 3.94. The van der Waals surface area contributed by atoms with Crippen molar-refractivity contribution in [3.63, 3.8) is 0 Å². The van der Waals surface area contributed by atoms with Gasteiger partial charge >= 0.3 is 0 Å². The highest BCUT2D eigenvalue weighted by molar-refractivity contribution is 7.89. The van der Waals surface area contributed by atoms with Gasteiger partial charge in [-0.3, -0.25) is 4.68 Å². The van der Waals surface area contributed by atoms with Gasteiger partial charge in [0.05, 0.1) is 12.2 Å². The molecule has 7 heteroatoms. The van der Waals surface area contributed by atoms with Crippen LogP contribution in [0.4, 0.5) is 4.39 Å². The maximum absolute atomic E-state index is 13.6. The van der Waals surface area contributed by atoms with Crippen molar-refractivity contribution in [2.75, 3.05) is 0 Å². The van der Waals surface area contributed by atoms with Crippen LogP contribution in [0.15, 0.2) is 11.2 Å². The van der Waals surface area contributed by atoms with Crippen LogP contribution in [0, 0.1) is 5.82 Å². The van der Waals surface area contributed by atoms with Gasteiger partial charge in [0, 0.05) is 5.54 Å². The number of sulfonamides is 1. The third-order valence-electron chi connectivity index (χ3n) is 2.27. The van der Waals surface area contributed by atoms with Crippen LogP contribution in [0.1, 0.15) is 39.7 Å². The van der Waals surface area contributed by atoms with E-state index in [0.717, 1.165) is 19.0 Å². The Labute approximate surface area is 100 Å². The van der Waals surface area contributed by atoms with Crippen molar-refractivity contribution in [3.05, 3.63) is 12.0 Å². The van der Waals surface area contributed by atoms with Gasteiger partial charge in [-0.2, -0.15) is 5.10 Å². The zero-order valence-electron chi connectivity index (χ0n) is 10.1. The second kappa shape index (κ2) is 3.78. The first-order valence-electron chi connectivity index (χ1n) is 5.48. The summed E-state index contributed by atoms with van der Waals surface area (Å²) < 4.78 is 41.1. The second-order valence-corrected chi connectivity index (χ2v) is 6.95. The molecule has 96 valence electrons. The molecule has 1 aromatic heterocycles. The fourth-order valence-corrected chi connectivity index (χ4v) is 2.93. The van der Waals surface area contributed by atoms with Crippen molar-refractivity contribution in [1.82, 2.24) is 14.5 Å². The summed E-state index contributed by atoms with van der Waals surface area (Å²) in [7, 11) is -3.89. The number of nitrogens with zero attached hydrogens (tertiary/aromatic N) is 2. The minimum atomic E-state index is -3.89. The smallest absolute Gasteiger partial charge is 0.263 e. The monoisotopic (exact) mass is 261 g/mol. The fraction of sp³-hybridized carbons (Fsp3) is 0.700. The Balaban J connectivity index is 2.32. The molecule has 0 radical (unpaired) electrons. The van der Waals surface area contributed by atoms with E-state index in [4.69, 9.17) is 0 Å². The topological polar surface area (TPSA) is 64.0 Å². The van der Waals surface area contributed by atoms with E-state index in [-0.39, 0.29) is 6.04 Å². The molecule has 1 aliphatic carbocycles. The van der Waals surface area contributed by atoms with E-state index < -0.39 is 26.4 Å². The first-order valence-corrected chi connectivity index (χ1v) is 6.96. The molecule has 1 aliphatic rings. The molecule has 1 heterocycles. The van der Waals surface area contributed by atoms with Crippen LogP contribution in [-0.4, -0.2) is 23.7 Å². The van der Waals surface area contributed by atoms with E-state index in [1.54, 1.807) is 20.8 Å². The summed E-state index contributed by atoms with van der Waals surface area (Å²) in [6.07, 6.45) is 3.00. The van der Waals surface area contributed by atoms with Gasteiger partial charge < -0.3 is 0 Å². The number of hydrogen-bond donors (Lipinski definition) is 1. The zero-order valence-corrected chi connectivity index (χ0v) is 10.9. The minimum absolute atomic E-state index is 0.156. The second-order valence-electron chi connectivity index (χ2n) is 5.35. The molecule has 0 bridgehead atoms. The summed E-state index contributed by atoms with van der Waals surface area (Å²) in [5.41, 5.74) is -0.658. The fourth-order valence-electron chi connectivity index (χ4n) is 1.51. The van der Waals surface area contributed by atoms with Crippen LogP contribution >= 0.6 is 0 Å². The lowest BCUT2D eigenvalue weighted by Gasteiger charge is -2.19. The number of rotatable bonds is 3. The molecule has 1 N–H and O–H groups in total. The summed E-state index contributed by atoms with van der Waals surface area (Å²) in [5, 5.41) is 3.30. The lowest BCUT2D eigenvalue weighted by molar-refractivity contribution is 0.482. The van der Waals surface area contributed by atoms with Crippen LogP contribution in [0.2, 0.25) is 0 Å². The molecular weight excluding hydrogens is 245 g/mol. The van der Waals surface area contributed by atoms with Gasteiger partial charge in [0.1, 0.15) is 0 Å². The van der Waals surface area contributed by atoms with E-state index in [0.29, 0.717) is 0 Å². The average Bonchev–Trinajstić information content (AvgIpc) is 2.85. The Bertz CT molecular complexity index is 526. The minimum Gasteiger partial charge on any atom is -0.265 e. The van der Waals surface area contributed by atoms with Crippen LogP contribution in [0.25, 0.3) is 0 Å². The van der Waals surface area contributed by atoms with Gasteiger partial charge in [-0.05, 0) is 33.6 Å². The number of aromatic nitrogens is 2. The first-order chi connectivity index (χ1) is 7.69. The van der Waals surface area contributed by atoms with Crippen LogP contribution in [0.5, 0.6) is 0 Å². The predicted octanol–water partition coefficient (Wildman–Crippen LogP) is 1.43. The highest BCUT2D eigenvalue weighted by Crippen LogP contribution is 2.34. The molecule has 0 unspecified atom stereocenters. The normalized spacial score (nSPS) is 17.4. The molecule has 1 aromatic rings. The molecule has 0 saturated heterocycles. The molecule has 0 amide bonds. The third kappa shape index (κ3) is 2.84. The lowest BCUT2D eigenvalue weighted by atomic mass is 10.1. The van der Waals surface area contributed by atoms with Crippen LogP contribution in [0.3, 0.4) is 0 Å². The molecule has 1 fully saturated rings. The molecule has 2 rings (SSSR count). The number of nitrogens with one attached hydrogen (secondary N) is 1. The SMILES string of the molecule is CC(C)(C)NS(=O)(=O)c1nn(C2CC2)cc1F. The maximum atomic E-state index is 13.6. The van der Waals surface area contributed by atoms with Crippen molar-refractivity contribution in [1.29, 1.82) is 0 Å². The molecule has 5 nitrogen and oxygen atoms in total. The quantitative estimate of drug-likeness (QED) is 0.895. The molecule has 0 aromatic carbocycles. The predicted molar refractivity (Wildman–Crippen MR) is 60.5 cm³/mol. The van der Waals surface area contributed by atoms with Gasteiger partial charge in [-0.1, -0.05) is 0 Å². The van der Waals surface area contributed by atoms with Crippen molar-refractivity contribution in [3.8, 4) is 0 Å². The van der Waals surface area contributed by atoms with Crippen LogP contribution in [-0.2, 0) is 10.0 Å². The summed E-state index contributed by atoms with van der Waals surface area (Å²) >= 11 is 0. The molecule has 0 aliphatic heterocycles. The van der Waals surface area contributed by atoms with E-state index in [2.05, 4.69) is 9.82 Å².